The van der Waals surface area contributed by atoms with Gasteiger partial charge in [0.1, 0.15) is 39.2 Å². The van der Waals surface area contributed by atoms with Crippen LogP contribution in [0.3, 0.4) is 0 Å². The number of amides is 4. The third kappa shape index (κ3) is 4.38. The van der Waals surface area contributed by atoms with E-state index in [2.05, 4.69) is 5.32 Å². The Morgan fingerprint density at radius 2 is 1.58 bits per heavy atom. The monoisotopic (exact) mass is 533 g/mol. The molecule has 0 spiro atoms. The summed E-state index contributed by atoms with van der Waals surface area (Å²) in [5.74, 6) is -6.46. The number of alkyl halides is 2. The van der Waals surface area contributed by atoms with Gasteiger partial charge in [0, 0.05) is 22.7 Å². The van der Waals surface area contributed by atoms with Crippen LogP contribution in [-0.2, 0) is 32.2 Å². The number of hydrogen-bond donors (Lipinski definition) is 1. The van der Waals surface area contributed by atoms with Crippen LogP contribution in [0.25, 0.3) is 0 Å². The van der Waals surface area contributed by atoms with Gasteiger partial charge >= 0.3 is 5.92 Å². The second-order valence-electron chi connectivity index (χ2n) is 11.4. The van der Waals surface area contributed by atoms with Crippen LogP contribution in [0, 0.1) is 0 Å². The Bertz CT molecular complexity index is 1380. The summed E-state index contributed by atoms with van der Waals surface area (Å²) in [5.41, 5.74) is -0.188. The summed E-state index contributed by atoms with van der Waals surface area (Å²) < 4.78 is 30.3. The minimum atomic E-state index is -3.78. The highest BCUT2D eigenvalue weighted by Crippen LogP contribution is 2.40. The number of halogens is 3. The zero-order valence-electron chi connectivity index (χ0n) is 22.1. The van der Waals surface area contributed by atoms with Crippen molar-refractivity contribution in [3.8, 4) is 0 Å². The van der Waals surface area contributed by atoms with Gasteiger partial charge in [-0.3, -0.25) is 24.5 Å². The first-order valence-corrected chi connectivity index (χ1v) is 12.5. The Hall–Kier alpha value is -2.94. The first kappa shape index (κ1) is 28.1. The van der Waals surface area contributed by atoms with E-state index in [4.69, 9.17) is 11.6 Å². The van der Waals surface area contributed by atoms with E-state index in [0.717, 1.165) is 16.9 Å². The minimum absolute atomic E-state index is 0.102. The quantitative estimate of drug-likeness (QED) is 0.321. The number of benzene rings is 2. The van der Waals surface area contributed by atoms with E-state index in [1.54, 1.807) is 57.4 Å². The first-order valence-electron chi connectivity index (χ1n) is 12.2. The van der Waals surface area contributed by atoms with E-state index in [1.807, 2.05) is 0 Å². The van der Waals surface area contributed by atoms with Crippen molar-refractivity contribution >= 4 is 82.4 Å². The smallest absolute Gasteiger partial charge is 0.348 e. The molecule has 2 aromatic carbocycles. The molecule has 7 nitrogen and oxygen atoms in total. The average molecular weight is 533 g/mol. The highest BCUT2D eigenvalue weighted by atomic mass is 35.5. The molecule has 1 atom stereocenters. The molecular weight excluding hydrogens is 509 g/mol. The molecule has 190 valence electrons. The number of nitrogens with zero attached hydrogens (tertiary/aromatic N) is 2. The molecule has 2 aliphatic rings. The zero-order valence-corrected chi connectivity index (χ0v) is 22.9. The van der Waals surface area contributed by atoms with Crippen molar-refractivity contribution in [2.45, 2.75) is 34.9 Å². The normalized spacial score (nSPS) is 21.1. The molecule has 16 heteroatoms. The lowest BCUT2D eigenvalue weighted by Gasteiger charge is -2.46. The Labute approximate surface area is 229 Å². The van der Waals surface area contributed by atoms with Crippen LogP contribution < -0.4 is 5.32 Å². The van der Waals surface area contributed by atoms with Crippen LogP contribution in [0.5, 0.6) is 0 Å². The second-order valence-corrected chi connectivity index (χ2v) is 11.8. The van der Waals surface area contributed by atoms with Gasteiger partial charge in [0.25, 0.3) is 11.8 Å². The lowest BCUT2D eigenvalue weighted by atomic mass is 9.45. The fourth-order valence-electron chi connectivity index (χ4n) is 5.19. The highest BCUT2D eigenvalue weighted by molar-refractivity contribution is 6.53. The molecule has 0 aliphatic carbocycles. The topological polar surface area (TPSA) is 86.8 Å². The van der Waals surface area contributed by atoms with Gasteiger partial charge in [-0.2, -0.15) is 8.78 Å². The first-order chi connectivity index (χ1) is 17.4. The predicted molar refractivity (Wildman–Crippen MR) is 155 cm³/mol. The summed E-state index contributed by atoms with van der Waals surface area (Å²) >= 11 is 5.81. The van der Waals surface area contributed by atoms with Gasteiger partial charge < -0.3 is 9.71 Å². The van der Waals surface area contributed by atoms with Gasteiger partial charge in [-0.1, -0.05) is 35.9 Å². The fourth-order valence-corrected chi connectivity index (χ4v) is 5.31. The summed E-state index contributed by atoms with van der Waals surface area (Å²) in [6.07, 6.45) is 0.153. The van der Waals surface area contributed by atoms with Crippen molar-refractivity contribution in [2.75, 3.05) is 0 Å². The third-order valence-corrected chi connectivity index (χ3v) is 8.20. The van der Waals surface area contributed by atoms with Crippen LogP contribution in [-0.4, -0.2) is 86.0 Å². The Kier molecular flexibility index (Phi) is 6.70. The minimum Gasteiger partial charge on any atom is -0.393 e. The number of fused-ring (bicyclic) bond motifs is 1. The summed E-state index contributed by atoms with van der Waals surface area (Å²) in [4.78, 5) is 53.9. The molecule has 38 heavy (non-hydrogen) atoms. The lowest BCUT2D eigenvalue weighted by molar-refractivity contribution is -0.155. The standard InChI is InChI=1S/C22H24B6ClF2N3O4/c23-19(24)9-20(25,17(37)32-16(19)36)33-8-10-7-12(3-6-14(10)15(33)35)22(26,27)34(28)18(38)21(30,31)11-1-4-13(29)5-2-11/h1-7H,8-9,23-28H2,(H,32,36,37). The molecule has 0 radical (unpaired) electrons. The number of hydrogen-bond acceptors (Lipinski definition) is 4. The second kappa shape index (κ2) is 9.07. The van der Waals surface area contributed by atoms with Gasteiger partial charge in [0.05, 0.1) is 5.44 Å². The number of imide groups is 1. The number of nitrogens with one attached hydrogen (secondary N) is 1. The summed E-state index contributed by atoms with van der Waals surface area (Å²) in [6, 6.07) is 9.76. The van der Waals surface area contributed by atoms with Crippen LogP contribution >= 0.6 is 11.6 Å². The van der Waals surface area contributed by atoms with Crippen LogP contribution in [0.15, 0.2) is 42.5 Å². The van der Waals surface area contributed by atoms with E-state index in [1.165, 1.54) is 25.0 Å². The number of piperidine rings is 1. The molecule has 0 bridgehead atoms. The van der Waals surface area contributed by atoms with E-state index >= 15 is 8.78 Å². The average Bonchev–Trinajstić information content (AvgIpc) is 3.18. The Balaban J connectivity index is 1.62. The van der Waals surface area contributed by atoms with Crippen molar-refractivity contribution in [3.63, 3.8) is 0 Å². The van der Waals surface area contributed by atoms with Gasteiger partial charge in [0.2, 0.25) is 19.8 Å². The summed E-state index contributed by atoms with van der Waals surface area (Å²) in [6.45, 7) is 0.102. The van der Waals surface area contributed by atoms with E-state index in [0.29, 0.717) is 16.7 Å². The lowest BCUT2D eigenvalue weighted by Crippen LogP contribution is -2.67. The largest absolute Gasteiger partial charge is 0.393 e. The van der Waals surface area contributed by atoms with Crippen LogP contribution in [0.4, 0.5) is 8.78 Å². The Morgan fingerprint density at radius 3 is 2.18 bits per heavy atom. The molecule has 4 rings (SSSR count). The molecule has 1 saturated heterocycles. The number of carbonyl (C=O) groups excluding carboxylic acids is 4. The maximum absolute atomic E-state index is 15.1. The van der Waals surface area contributed by atoms with Crippen molar-refractivity contribution in [1.82, 2.24) is 15.0 Å². The van der Waals surface area contributed by atoms with Gasteiger partial charge in [-0.05, 0) is 46.3 Å². The van der Waals surface area contributed by atoms with E-state index in [9.17, 15) is 19.2 Å². The molecule has 0 saturated carbocycles. The predicted octanol–water partition coefficient (Wildman–Crippen LogP) is -3.40. The molecule has 4 amide bonds. The third-order valence-electron chi connectivity index (χ3n) is 7.95. The highest BCUT2D eigenvalue weighted by Gasteiger charge is 2.54. The fraction of sp³-hybridized carbons (Fsp3) is 0.273. The van der Waals surface area contributed by atoms with Gasteiger partial charge in [0.15, 0.2) is 0 Å². The molecule has 1 N–H and O–H groups in total. The summed E-state index contributed by atoms with van der Waals surface area (Å²) in [5, 5.41) is 0.638. The maximum Gasteiger partial charge on any atom is 0.348 e. The molecule has 0 aromatic heterocycles. The Morgan fingerprint density at radius 1 is 1.00 bits per heavy atom. The van der Waals surface area contributed by atoms with Crippen LogP contribution in [0.2, 0.25) is 10.2 Å². The number of carbonyl (C=O) groups is 4. The maximum atomic E-state index is 15.1. The molecule has 2 aliphatic heterocycles. The zero-order chi connectivity index (χ0) is 28.4. The number of rotatable bonds is 5. The molecule has 2 heterocycles. The van der Waals surface area contributed by atoms with E-state index < -0.39 is 45.2 Å². The SMILES string of the molecule is BN(C(=O)C(F)(F)c1ccc(Cl)cc1)C(B)(B)c1ccc2c(c1)CN(C1(B)CC(B)(B)C(=O)NC1=O)C2=O. The van der Waals surface area contributed by atoms with Crippen molar-refractivity contribution in [2.24, 2.45) is 0 Å². The van der Waals surface area contributed by atoms with Crippen molar-refractivity contribution in [1.29, 1.82) is 0 Å². The summed E-state index contributed by atoms with van der Waals surface area (Å²) in [7, 11) is 9.66. The van der Waals surface area contributed by atoms with Crippen LogP contribution in [0.1, 0.15) is 33.5 Å². The molecular formula is C22H24B6ClF2N3O4. The van der Waals surface area contributed by atoms with Crippen molar-refractivity contribution in [3.05, 3.63) is 69.7 Å². The van der Waals surface area contributed by atoms with Gasteiger partial charge in [-0.25, -0.2) is 0 Å². The van der Waals surface area contributed by atoms with Crippen molar-refractivity contribution < 1.29 is 28.0 Å². The van der Waals surface area contributed by atoms with Gasteiger partial charge in [-0.15, -0.1) is 0 Å². The molecule has 1 fully saturated rings. The van der Waals surface area contributed by atoms with E-state index in [-0.39, 0.29) is 23.9 Å². The molecule has 1 unspecified atom stereocenters. The molecule has 2 aromatic rings.